The van der Waals surface area contributed by atoms with Gasteiger partial charge in [0.2, 0.25) is 0 Å². The molecule has 2 heterocycles. The number of aromatic amines is 1. The van der Waals surface area contributed by atoms with E-state index in [-0.39, 0.29) is 34.6 Å². The van der Waals surface area contributed by atoms with E-state index in [0.29, 0.717) is 17.3 Å². The van der Waals surface area contributed by atoms with Crippen LogP contribution in [-0.4, -0.2) is 35.6 Å². The van der Waals surface area contributed by atoms with E-state index in [2.05, 4.69) is 30.9 Å². The molecular weight excluding hydrogens is 493 g/mol. The topological polar surface area (TPSA) is 123 Å². The second-order valence-corrected chi connectivity index (χ2v) is 7.81. The van der Waals surface area contributed by atoms with Crippen molar-refractivity contribution >= 4 is 29.2 Å². The third kappa shape index (κ3) is 4.92. The van der Waals surface area contributed by atoms with Gasteiger partial charge >= 0.3 is 11.7 Å². The highest BCUT2D eigenvalue weighted by molar-refractivity contribution is 6.31. The van der Waals surface area contributed by atoms with Crippen molar-refractivity contribution in [3.8, 4) is 11.4 Å². The molecule has 0 spiro atoms. The van der Waals surface area contributed by atoms with E-state index < -0.39 is 23.4 Å². The summed E-state index contributed by atoms with van der Waals surface area (Å²) < 4.78 is 30.1. The summed E-state index contributed by atoms with van der Waals surface area (Å²) in [4.78, 5) is 28.7. The van der Waals surface area contributed by atoms with E-state index in [0.717, 1.165) is 10.6 Å². The first kappa shape index (κ1) is 23.4. The molecule has 2 amide bonds. The second-order valence-electron chi connectivity index (χ2n) is 7.00. The van der Waals surface area contributed by atoms with Gasteiger partial charge < -0.3 is 10.6 Å². The molecule has 0 saturated heterocycles. The van der Waals surface area contributed by atoms with Crippen LogP contribution in [0.25, 0.3) is 11.4 Å². The standard InChI is InChI=1S/C20H16Cl2F2N8O2/c1-10-27-17(32(30-10)12-3-5-14(22)16(24)7-12)8-25-19(33)26-9-18-28-29-20(34)31(18)11-2-4-13(21)15(23)6-11/h2-7H,8-9H2,1H3,(H,29,34)(H2,25,26,33). The van der Waals surface area contributed by atoms with Gasteiger partial charge in [-0.05, 0) is 37.3 Å². The summed E-state index contributed by atoms with van der Waals surface area (Å²) in [5.74, 6) is -0.415. The Morgan fingerprint density at radius 2 is 1.59 bits per heavy atom. The summed E-state index contributed by atoms with van der Waals surface area (Å²) in [7, 11) is 0. The third-order valence-corrected chi connectivity index (χ3v) is 5.26. The molecule has 34 heavy (non-hydrogen) atoms. The maximum atomic E-state index is 13.8. The molecule has 2 aromatic heterocycles. The van der Waals surface area contributed by atoms with Gasteiger partial charge in [-0.3, -0.25) is 0 Å². The van der Waals surface area contributed by atoms with Crippen molar-refractivity contribution in [2.24, 2.45) is 0 Å². The Hall–Kier alpha value is -3.77. The average molecular weight is 509 g/mol. The molecule has 4 aromatic rings. The molecule has 0 radical (unpaired) electrons. The Morgan fingerprint density at radius 1 is 1.00 bits per heavy atom. The zero-order valence-corrected chi connectivity index (χ0v) is 19.0. The molecule has 0 fully saturated rings. The molecular formula is C20H16Cl2F2N8O2. The smallest absolute Gasteiger partial charge is 0.331 e. The number of amides is 2. The fraction of sp³-hybridized carbons (Fsp3) is 0.150. The maximum Gasteiger partial charge on any atom is 0.347 e. The van der Waals surface area contributed by atoms with Crippen molar-refractivity contribution in [3.05, 3.63) is 86.0 Å². The lowest BCUT2D eigenvalue weighted by atomic mass is 10.3. The predicted octanol–water partition coefficient (Wildman–Crippen LogP) is 3.03. The van der Waals surface area contributed by atoms with E-state index in [1.165, 1.54) is 28.9 Å². The lowest BCUT2D eigenvalue weighted by Gasteiger charge is -2.10. The van der Waals surface area contributed by atoms with Crippen molar-refractivity contribution in [1.29, 1.82) is 0 Å². The number of carbonyl (C=O) groups excluding carboxylic acids is 1. The first-order valence-corrected chi connectivity index (χ1v) is 10.5. The lowest BCUT2D eigenvalue weighted by Crippen LogP contribution is -2.36. The molecule has 0 aliphatic heterocycles. The quantitative estimate of drug-likeness (QED) is 0.369. The van der Waals surface area contributed by atoms with Gasteiger partial charge in [0, 0.05) is 6.07 Å². The Balaban J connectivity index is 1.43. The normalized spacial score (nSPS) is 11.0. The van der Waals surface area contributed by atoms with Crippen LogP contribution in [-0.2, 0) is 13.1 Å². The van der Waals surface area contributed by atoms with Crippen LogP contribution in [0.15, 0.2) is 41.2 Å². The van der Waals surface area contributed by atoms with Gasteiger partial charge in [-0.1, -0.05) is 23.2 Å². The molecule has 0 aliphatic rings. The fourth-order valence-electron chi connectivity index (χ4n) is 3.12. The second kappa shape index (κ2) is 9.61. The Bertz CT molecular complexity index is 1430. The number of benzene rings is 2. The van der Waals surface area contributed by atoms with Gasteiger partial charge in [0.1, 0.15) is 17.5 Å². The summed E-state index contributed by atoms with van der Waals surface area (Å²) in [5.41, 5.74) is -0.0372. The van der Waals surface area contributed by atoms with Crippen LogP contribution in [0.4, 0.5) is 13.6 Å². The van der Waals surface area contributed by atoms with Crippen molar-refractivity contribution in [2.45, 2.75) is 20.0 Å². The number of hydrogen-bond acceptors (Lipinski definition) is 5. The molecule has 0 aliphatic carbocycles. The van der Waals surface area contributed by atoms with E-state index in [1.54, 1.807) is 13.0 Å². The molecule has 0 bridgehead atoms. The summed E-state index contributed by atoms with van der Waals surface area (Å²) in [6.07, 6.45) is 0. The van der Waals surface area contributed by atoms with E-state index in [4.69, 9.17) is 23.2 Å². The minimum Gasteiger partial charge on any atom is -0.331 e. The molecule has 10 nitrogen and oxygen atoms in total. The van der Waals surface area contributed by atoms with Gasteiger partial charge in [0.15, 0.2) is 11.6 Å². The predicted molar refractivity (Wildman–Crippen MR) is 119 cm³/mol. The van der Waals surface area contributed by atoms with Crippen LogP contribution in [0.1, 0.15) is 17.5 Å². The number of urea groups is 1. The number of nitrogens with zero attached hydrogens (tertiary/aromatic N) is 5. The number of halogens is 4. The van der Waals surface area contributed by atoms with E-state index in [9.17, 15) is 18.4 Å². The number of hydrogen-bond donors (Lipinski definition) is 3. The van der Waals surface area contributed by atoms with Gasteiger partial charge in [0.25, 0.3) is 0 Å². The summed E-state index contributed by atoms with van der Waals surface area (Å²) in [6, 6.07) is 7.40. The van der Waals surface area contributed by atoms with Crippen LogP contribution < -0.4 is 16.3 Å². The first-order valence-electron chi connectivity index (χ1n) is 9.74. The fourth-order valence-corrected chi connectivity index (χ4v) is 3.35. The highest BCUT2D eigenvalue weighted by atomic mass is 35.5. The SMILES string of the molecule is Cc1nc(CNC(=O)NCc2n[nH]c(=O)n2-c2ccc(Cl)c(F)c2)n(-c2ccc(Cl)c(F)c2)n1. The zero-order valence-electron chi connectivity index (χ0n) is 17.4. The van der Waals surface area contributed by atoms with Crippen LogP contribution in [0.5, 0.6) is 0 Å². The lowest BCUT2D eigenvalue weighted by molar-refractivity contribution is 0.239. The largest absolute Gasteiger partial charge is 0.347 e. The number of nitrogens with one attached hydrogen (secondary N) is 3. The number of carbonyl (C=O) groups is 1. The van der Waals surface area contributed by atoms with Crippen molar-refractivity contribution in [1.82, 2.24) is 40.2 Å². The molecule has 0 atom stereocenters. The minimum absolute atomic E-state index is 0.0298. The minimum atomic E-state index is -0.705. The number of rotatable bonds is 6. The van der Waals surface area contributed by atoms with Crippen molar-refractivity contribution < 1.29 is 13.6 Å². The summed E-state index contributed by atoms with van der Waals surface area (Å²) in [5, 5.41) is 15.4. The van der Waals surface area contributed by atoms with Gasteiger partial charge in [-0.15, -0.1) is 0 Å². The Kier molecular flexibility index (Phi) is 6.61. The molecule has 0 saturated carbocycles. The van der Waals surface area contributed by atoms with Gasteiger partial charge in [-0.25, -0.2) is 37.7 Å². The third-order valence-electron chi connectivity index (χ3n) is 4.65. The molecule has 176 valence electrons. The van der Waals surface area contributed by atoms with E-state index >= 15 is 0 Å². The summed E-state index contributed by atoms with van der Waals surface area (Å²) >= 11 is 11.4. The monoisotopic (exact) mass is 508 g/mol. The van der Waals surface area contributed by atoms with Crippen LogP contribution in [0.3, 0.4) is 0 Å². The highest BCUT2D eigenvalue weighted by Gasteiger charge is 2.15. The van der Waals surface area contributed by atoms with Crippen molar-refractivity contribution in [2.75, 3.05) is 0 Å². The number of aromatic nitrogens is 6. The Labute approximate surface area is 200 Å². The molecule has 3 N–H and O–H groups in total. The number of H-pyrrole nitrogens is 1. The van der Waals surface area contributed by atoms with Gasteiger partial charge in [0.05, 0.1) is 34.5 Å². The van der Waals surface area contributed by atoms with Gasteiger partial charge in [-0.2, -0.15) is 10.2 Å². The number of aryl methyl sites for hydroxylation is 1. The highest BCUT2D eigenvalue weighted by Crippen LogP contribution is 2.19. The molecule has 14 heteroatoms. The molecule has 4 rings (SSSR count). The average Bonchev–Trinajstić information content (AvgIpc) is 3.36. The van der Waals surface area contributed by atoms with Crippen LogP contribution in [0.2, 0.25) is 10.0 Å². The first-order chi connectivity index (χ1) is 16.2. The van der Waals surface area contributed by atoms with E-state index in [1.807, 2.05) is 0 Å². The zero-order chi connectivity index (χ0) is 24.4. The Morgan fingerprint density at radius 3 is 2.24 bits per heavy atom. The van der Waals surface area contributed by atoms with Crippen LogP contribution in [0, 0.1) is 18.6 Å². The van der Waals surface area contributed by atoms with Crippen molar-refractivity contribution in [3.63, 3.8) is 0 Å². The maximum absolute atomic E-state index is 13.8. The van der Waals surface area contributed by atoms with Crippen LogP contribution >= 0.6 is 23.2 Å². The summed E-state index contributed by atoms with van der Waals surface area (Å²) in [6.45, 7) is 1.47. The molecule has 0 unspecified atom stereocenters. The molecule has 2 aromatic carbocycles.